The molecule has 5 atom stereocenters. The van der Waals surface area contributed by atoms with Gasteiger partial charge in [-0.2, -0.15) is 0 Å². The summed E-state index contributed by atoms with van der Waals surface area (Å²) in [5.74, 6) is -2.51. The van der Waals surface area contributed by atoms with E-state index in [9.17, 15) is 33.6 Å². The van der Waals surface area contributed by atoms with Gasteiger partial charge in [0, 0.05) is 39.0 Å². The minimum Gasteiger partial charge on any atom is -0.469 e. The number of unbranched alkanes of at least 4 members (excludes halogenated alkanes) is 1. The van der Waals surface area contributed by atoms with Crippen LogP contribution in [-0.2, 0) is 57.6 Å². The number of nitrogens with one attached hydrogen (secondary N) is 4. The Bertz CT molecular complexity index is 1960. The highest BCUT2D eigenvalue weighted by Gasteiger charge is 2.45. The number of hydrogen-bond donors (Lipinski definition) is 4. The maximum atomic E-state index is 14.7. The van der Waals surface area contributed by atoms with E-state index in [0.717, 1.165) is 16.7 Å². The van der Waals surface area contributed by atoms with Gasteiger partial charge >= 0.3 is 18.2 Å². The lowest BCUT2D eigenvalue weighted by molar-refractivity contribution is -0.151. The molecule has 64 heavy (non-hydrogen) atoms. The molecule has 2 aliphatic rings. The third kappa shape index (κ3) is 15.3. The summed E-state index contributed by atoms with van der Waals surface area (Å²) in [7, 11) is 1.31. The van der Waals surface area contributed by atoms with Crippen LogP contribution in [0.1, 0.15) is 111 Å². The van der Waals surface area contributed by atoms with E-state index in [-0.39, 0.29) is 63.7 Å². The van der Waals surface area contributed by atoms with E-state index in [1.54, 1.807) is 53.4 Å². The van der Waals surface area contributed by atoms with Crippen LogP contribution in [0.4, 0.5) is 9.59 Å². The fourth-order valence-corrected chi connectivity index (χ4v) is 7.95. The van der Waals surface area contributed by atoms with Gasteiger partial charge < -0.3 is 45.3 Å². The first kappa shape index (κ1) is 51.0. The third-order valence-electron chi connectivity index (χ3n) is 11.1. The van der Waals surface area contributed by atoms with Crippen LogP contribution in [0.25, 0.3) is 0 Å². The molecule has 2 aromatic carbocycles. The molecule has 2 heterocycles. The SMILES string of the molecule is COC(=O)C1(C)CCN(C(=O)[C@@H](CCCCNC(=O)OC(C)(C)C)NC(=O)[C@@H](CC(C)C)NC(=O)[C@@H]2Cc3ccccc3CN2C(=O)[C@@H](Cc2ccccc2)NC(=O)OC(C)(C)C)C1. The highest BCUT2D eigenvalue weighted by Crippen LogP contribution is 2.32. The van der Waals surface area contributed by atoms with Crippen LogP contribution in [0.2, 0.25) is 0 Å². The van der Waals surface area contributed by atoms with Crippen LogP contribution in [0.15, 0.2) is 54.6 Å². The highest BCUT2D eigenvalue weighted by atomic mass is 16.6. The molecule has 6 amide bonds. The molecule has 0 aliphatic carbocycles. The molecule has 1 unspecified atom stereocenters. The van der Waals surface area contributed by atoms with E-state index < -0.39 is 76.7 Å². The molecule has 1 saturated heterocycles. The second-order valence-electron chi connectivity index (χ2n) is 19.6. The number of ether oxygens (including phenoxy) is 3. The molecule has 0 spiro atoms. The average molecular weight is 891 g/mol. The molecule has 0 bridgehead atoms. The van der Waals surface area contributed by atoms with Gasteiger partial charge in [0.2, 0.25) is 23.6 Å². The number of carbonyl (C=O) groups excluding carboxylic acids is 7. The zero-order valence-electron chi connectivity index (χ0n) is 39.3. The summed E-state index contributed by atoms with van der Waals surface area (Å²) in [6.07, 6.45) is 0.680. The smallest absolute Gasteiger partial charge is 0.408 e. The number of nitrogens with zero attached hydrogens (tertiary/aromatic N) is 2. The summed E-state index contributed by atoms with van der Waals surface area (Å²) >= 11 is 0. The molecule has 16 nitrogen and oxygen atoms in total. The largest absolute Gasteiger partial charge is 0.469 e. The van der Waals surface area contributed by atoms with Gasteiger partial charge in [-0.15, -0.1) is 0 Å². The average Bonchev–Trinajstić information content (AvgIpc) is 3.63. The van der Waals surface area contributed by atoms with Crippen LogP contribution in [0.3, 0.4) is 0 Å². The lowest BCUT2D eigenvalue weighted by Gasteiger charge is -2.39. The Balaban J connectivity index is 1.59. The minimum absolute atomic E-state index is 0.0680. The summed E-state index contributed by atoms with van der Waals surface area (Å²) < 4.78 is 15.9. The lowest BCUT2D eigenvalue weighted by Crippen LogP contribution is -2.61. The highest BCUT2D eigenvalue weighted by molar-refractivity contribution is 5.96. The number of fused-ring (bicyclic) bond motifs is 1. The Morgan fingerprint density at radius 3 is 2.02 bits per heavy atom. The molecule has 0 aromatic heterocycles. The Labute approximate surface area is 378 Å². The Kier molecular flexibility index (Phi) is 17.8. The summed E-state index contributed by atoms with van der Waals surface area (Å²) in [5, 5.41) is 11.4. The van der Waals surface area contributed by atoms with Crippen LogP contribution in [-0.4, -0.2) is 114 Å². The van der Waals surface area contributed by atoms with Crippen molar-refractivity contribution >= 4 is 41.8 Å². The molecule has 2 aromatic rings. The van der Waals surface area contributed by atoms with E-state index in [2.05, 4.69) is 21.3 Å². The topological polar surface area (TPSA) is 202 Å². The van der Waals surface area contributed by atoms with Gasteiger partial charge in [-0.25, -0.2) is 9.59 Å². The number of hydrogen-bond acceptors (Lipinski definition) is 10. The Morgan fingerprint density at radius 1 is 0.766 bits per heavy atom. The number of benzene rings is 2. The number of amides is 6. The number of likely N-dealkylation sites (tertiary alicyclic amines) is 1. The van der Waals surface area contributed by atoms with Crippen molar-refractivity contribution in [2.45, 2.75) is 149 Å². The van der Waals surface area contributed by atoms with Crippen molar-refractivity contribution in [3.63, 3.8) is 0 Å². The monoisotopic (exact) mass is 891 g/mol. The minimum atomic E-state index is -1.09. The second kappa shape index (κ2) is 22.3. The molecule has 1 fully saturated rings. The van der Waals surface area contributed by atoms with Crippen LogP contribution in [0, 0.1) is 11.3 Å². The van der Waals surface area contributed by atoms with E-state index in [1.807, 2.05) is 68.4 Å². The quantitative estimate of drug-likeness (QED) is 0.0930. The molecule has 352 valence electrons. The third-order valence-corrected chi connectivity index (χ3v) is 11.1. The van der Waals surface area contributed by atoms with Gasteiger partial charge in [0.05, 0.1) is 12.5 Å². The molecule has 4 rings (SSSR count). The zero-order valence-corrected chi connectivity index (χ0v) is 39.3. The lowest BCUT2D eigenvalue weighted by atomic mass is 9.90. The first-order chi connectivity index (χ1) is 30.0. The summed E-state index contributed by atoms with van der Waals surface area (Å²) in [5.41, 5.74) is 0.101. The normalized spacial score (nSPS) is 18.8. The molecule has 0 radical (unpaired) electrons. The van der Waals surface area contributed by atoms with E-state index in [0.29, 0.717) is 19.3 Å². The maximum Gasteiger partial charge on any atom is 0.408 e. The van der Waals surface area contributed by atoms with Crippen LogP contribution >= 0.6 is 0 Å². The van der Waals surface area contributed by atoms with Gasteiger partial charge in [-0.1, -0.05) is 68.4 Å². The van der Waals surface area contributed by atoms with Crippen LogP contribution < -0.4 is 21.3 Å². The molecule has 16 heteroatoms. The van der Waals surface area contributed by atoms with E-state index >= 15 is 0 Å². The van der Waals surface area contributed by atoms with E-state index in [4.69, 9.17) is 14.2 Å². The van der Waals surface area contributed by atoms with E-state index in [1.165, 1.54) is 12.0 Å². The maximum absolute atomic E-state index is 14.7. The van der Waals surface area contributed by atoms with Gasteiger partial charge in [0.25, 0.3) is 0 Å². The molecular weight excluding hydrogens is 821 g/mol. The first-order valence-electron chi connectivity index (χ1n) is 22.3. The Morgan fingerprint density at radius 2 is 1.39 bits per heavy atom. The molecule has 0 saturated carbocycles. The molecular formula is C48H70N6O10. The fraction of sp³-hybridized carbons (Fsp3) is 0.604. The number of methoxy groups -OCH3 is 1. The van der Waals surface area contributed by atoms with Crippen molar-refractivity contribution in [2.75, 3.05) is 26.7 Å². The first-order valence-corrected chi connectivity index (χ1v) is 22.3. The van der Waals surface area contributed by atoms with Crippen molar-refractivity contribution in [2.24, 2.45) is 11.3 Å². The predicted molar refractivity (Wildman–Crippen MR) is 241 cm³/mol. The second-order valence-corrected chi connectivity index (χ2v) is 19.6. The standard InChI is InChI=1S/C48H70N6O10/c1-31(2)26-36(39(55)50-35(22-16-17-24-49-44(60)63-46(3,4)5)41(57)53-25-23-48(9,30-53)43(59)62-10)51-40(56)38-28-33-20-14-15-21-34(33)29-54(38)42(58)37(27-32-18-12-11-13-19-32)52-45(61)64-47(6,7)8/h11-15,18-21,31,35-38H,16-17,22-30H2,1-10H3,(H,49,60)(H,50,55)(H,51,56)(H,52,61)/t35-,36-,37-,38+,48?/m1/s1. The van der Waals surface area contributed by atoms with Gasteiger partial charge in [-0.3, -0.25) is 24.0 Å². The van der Waals surface area contributed by atoms with Crippen molar-refractivity contribution in [3.05, 3.63) is 71.3 Å². The van der Waals surface area contributed by atoms with Crippen LogP contribution in [0.5, 0.6) is 0 Å². The van der Waals surface area contributed by atoms with Crippen molar-refractivity contribution < 1.29 is 47.8 Å². The van der Waals surface area contributed by atoms with Crippen molar-refractivity contribution in [1.29, 1.82) is 0 Å². The Hall–Kier alpha value is -5.67. The molecule has 2 aliphatic heterocycles. The molecule has 4 N–H and O–H groups in total. The van der Waals surface area contributed by atoms with Gasteiger partial charge in [0.15, 0.2) is 0 Å². The zero-order chi connectivity index (χ0) is 47.4. The summed E-state index contributed by atoms with van der Waals surface area (Å²) in [4.78, 5) is 99.0. The summed E-state index contributed by atoms with van der Waals surface area (Å²) in [6, 6.07) is 12.5. The fourth-order valence-electron chi connectivity index (χ4n) is 7.95. The number of carbonyl (C=O) groups is 7. The summed E-state index contributed by atoms with van der Waals surface area (Å²) in [6.45, 7) is 16.8. The van der Waals surface area contributed by atoms with Crippen molar-refractivity contribution in [1.82, 2.24) is 31.1 Å². The number of rotatable bonds is 17. The van der Waals surface area contributed by atoms with Gasteiger partial charge in [-0.05, 0) is 103 Å². The number of esters is 1. The van der Waals surface area contributed by atoms with Crippen molar-refractivity contribution in [3.8, 4) is 0 Å². The number of alkyl carbamates (subject to hydrolysis) is 2. The predicted octanol–water partition coefficient (Wildman–Crippen LogP) is 5.20. The van der Waals surface area contributed by atoms with Gasteiger partial charge in [0.1, 0.15) is 35.4 Å².